The number of carbonyl (C=O) groups is 2. The third-order valence-corrected chi connectivity index (χ3v) is 8.48. The molecule has 2 aliphatic rings. The van der Waals surface area contributed by atoms with Crippen LogP contribution in [0.5, 0.6) is 0 Å². The minimum atomic E-state index is -0.676. The minimum Gasteiger partial charge on any atom is -0.384 e. The molecule has 0 aromatic heterocycles. The van der Waals surface area contributed by atoms with Gasteiger partial charge in [-0.15, -0.1) is 5.10 Å². The van der Waals surface area contributed by atoms with E-state index in [9.17, 15) is 9.59 Å². The van der Waals surface area contributed by atoms with Gasteiger partial charge in [-0.25, -0.2) is 0 Å². The molecule has 3 unspecified atom stereocenters. The van der Waals surface area contributed by atoms with Gasteiger partial charge in [0.05, 0.1) is 12.6 Å². The van der Waals surface area contributed by atoms with Gasteiger partial charge in [0.15, 0.2) is 0 Å². The van der Waals surface area contributed by atoms with Crippen LogP contribution < -0.4 is 11.1 Å². The summed E-state index contributed by atoms with van der Waals surface area (Å²) in [6.45, 7) is 6.62. The van der Waals surface area contributed by atoms with Crippen LogP contribution in [0.25, 0.3) is 0 Å². The van der Waals surface area contributed by atoms with Crippen molar-refractivity contribution in [1.82, 2.24) is 10.2 Å². The minimum absolute atomic E-state index is 0.0165. The number of benzene rings is 2. The average molecular weight is 613 g/mol. The van der Waals surface area contributed by atoms with Gasteiger partial charge < -0.3 is 16.0 Å². The van der Waals surface area contributed by atoms with Crippen LogP contribution in [0.15, 0.2) is 57.8 Å². The van der Waals surface area contributed by atoms with Gasteiger partial charge in [0.1, 0.15) is 17.2 Å². The van der Waals surface area contributed by atoms with Crippen molar-refractivity contribution in [2.45, 2.75) is 77.4 Å². The van der Waals surface area contributed by atoms with E-state index in [4.69, 9.17) is 39.5 Å². The van der Waals surface area contributed by atoms with Crippen molar-refractivity contribution in [3.8, 4) is 0 Å². The van der Waals surface area contributed by atoms with Crippen molar-refractivity contribution in [1.29, 1.82) is 5.53 Å². The quantitative estimate of drug-likeness (QED) is 0.0819. The molecule has 1 aliphatic heterocycles. The highest BCUT2D eigenvalue weighted by Gasteiger charge is 2.53. The molecule has 2 amide bonds. The molecule has 2 aromatic rings. The summed E-state index contributed by atoms with van der Waals surface area (Å²) in [7, 11) is 0. The topological polar surface area (TPSA) is 136 Å². The number of amidine groups is 1. The number of rotatable bonds is 11. The zero-order valence-electron chi connectivity index (χ0n) is 24.4. The van der Waals surface area contributed by atoms with Crippen LogP contribution in [-0.4, -0.2) is 40.5 Å². The lowest BCUT2D eigenvalue weighted by molar-refractivity contribution is -0.134. The summed E-state index contributed by atoms with van der Waals surface area (Å²) in [5.41, 5.74) is 14.2. The molecular formula is C31H39Cl2N7O2. The molecule has 0 bridgehead atoms. The van der Waals surface area contributed by atoms with E-state index in [1.165, 1.54) is 0 Å². The summed E-state index contributed by atoms with van der Waals surface area (Å²) >= 11 is 12.7. The fourth-order valence-corrected chi connectivity index (χ4v) is 7.05. The molecule has 1 heterocycles. The Balaban J connectivity index is 1.72. The van der Waals surface area contributed by atoms with E-state index < -0.39 is 5.66 Å². The van der Waals surface area contributed by atoms with Gasteiger partial charge in [0.2, 0.25) is 0 Å². The second kappa shape index (κ2) is 13.8. The molecule has 3 atom stereocenters. The Morgan fingerprint density at radius 3 is 2.38 bits per heavy atom. The first-order valence-electron chi connectivity index (χ1n) is 14.5. The van der Waals surface area contributed by atoms with E-state index >= 15 is 0 Å². The molecule has 1 fully saturated rings. The number of unbranched alkanes of at least 4 members (excludes halogenated alkanes) is 2. The number of aliphatic imine (C=N–C) groups is 1. The Kier molecular flexibility index (Phi) is 10.4. The molecule has 0 radical (unpaired) electrons. The molecule has 1 saturated carbocycles. The second-order valence-corrected chi connectivity index (χ2v) is 12.5. The highest BCUT2D eigenvalue weighted by atomic mass is 35.5. The number of carbonyl (C=O) groups excluding carboxylic acids is 2. The molecular weight excluding hydrogens is 573 g/mol. The molecule has 4 rings (SSSR count). The van der Waals surface area contributed by atoms with E-state index in [0.717, 1.165) is 50.5 Å². The summed E-state index contributed by atoms with van der Waals surface area (Å²) in [5, 5.41) is 9.89. The van der Waals surface area contributed by atoms with E-state index in [0.29, 0.717) is 38.7 Å². The largest absolute Gasteiger partial charge is 0.384 e. The van der Waals surface area contributed by atoms with Crippen LogP contribution in [-0.2, 0) is 4.79 Å². The molecule has 1 aliphatic carbocycles. The van der Waals surface area contributed by atoms with Crippen molar-refractivity contribution in [3.63, 3.8) is 0 Å². The van der Waals surface area contributed by atoms with E-state index in [2.05, 4.69) is 36.4 Å². The van der Waals surface area contributed by atoms with E-state index in [-0.39, 0.29) is 30.2 Å². The van der Waals surface area contributed by atoms with Gasteiger partial charge >= 0.3 is 0 Å². The zero-order valence-corrected chi connectivity index (χ0v) is 25.9. The first-order chi connectivity index (χ1) is 20.1. The number of nitrogens with zero attached hydrogens (tertiary/aromatic N) is 4. The molecule has 0 saturated heterocycles. The third-order valence-electron chi connectivity index (χ3n) is 8.04. The Morgan fingerprint density at radius 2 is 1.79 bits per heavy atom. The molecule has 4 N–H and O–H groups in total. The summed E-state index contributed by atoms with van der Waals surface area (Å²) in [6, 6.07) is 12.3. The standard InChI is InChI=1S/C31H39Cl2N7O2/c1-4-5-6-7-26(21-8-10-22(11-9-21)29(41)36-18-27(34)38-39-35)40-30(42)28(23-13-24(32)15-25(33)14-23)37-31(40)16-19(2)12-20(3)17-31/h8-11,13-15,19-20,26H,4-7,12,16-18H2,1-3H3,(H,36,41)(H3,34,35,38). The van der Waals surface area contributed by atoms with Gasteiger partial charge in [-0.05, 0) is 73.4 Å². The molecule has 42 heavy (non-hydrogen) atoms. The van der Waals surface area contributed by atoms with E-state index in [1.54, 1.807) is 30.3 Å². The summed E-state index contributed by atoms with van der Waals surface area (Å²) < 4.78 is 0. The van der Waals surface area contributed by atoms with Crippen LogP contribution in [0.2, 0.25) is 10.0 Å². The lowest BCUT2D eigenvalue weighted by Gasteiger charge is -2.47. The van der Waals surface area contributed by atoms with Crippen molar-refractivity contribution < 1.29 is 9.59 Å². The van der Waals surface area contributed by atoms with Crippen LogP contribution in [0.3, 0.4) is 0 Å². The first kappa shape index (κ1) is 31.6. The summed E-state index contributed by atoms with van der Waals surface area (Å²) in [4.78, 5) is 34.4. The van der Waals surface area contributed by atoms with Crippen molar-refractivity contribution in [2.24, 2.45) is 32.9 Å². The highest BCUT2D eigenvalue weighted by molar-refractivity contribution is 6.47. The second-order valence-electron chi connectivity index (χ2n) is 11.6. The summed E-state index contributed by atoms with van der Waals surface area (Å²) in [5.74, 6) is 0.399. The lowest BCUT2D eigenvalue weighted by atomic mass is 9.75. The first-order valence-corrected chi connectivity index (χ1v) is 15.3. The third kappa shape index (κ3) is 7.18. The number of hydrogen-bond donors (Lipinski definition) is 3. The Labute approximate surface area is 257 Å². The fraction of sp³-hybridized carbons (Fsp3) is 0.484. The SMILES string of the molecule is CCCCCC(c1ccc(C(=O)NCC(N)=NN=N)cc1)N1C(=O)C(c2cc(Cl)cc(Cl)c2)=NC12CC(C)CC(C)C2. The number of hydrogen-bond acceptors (Lipinski definition) is 5. The Morgan fingerprint density at radius 1 is 1.14 bits per heavy atom. The predicted molar refractivity (Wildman–Crippen MR) is 167 cm³/mol. The van der Waals surface area contributed by atoms with Crippen LogP contribution in [0, 0.1) is 17.4 Å². The van der Waals surface area contributed by atoms with E-state index in [1.807, 2.05) is 17.0 Å². The average Bonchev–Trinajstić information content (AvgIpc) is 3.19. The number of halogens is 2. The number of nitrogens with two attached hydrogens (primary N) is 1. The lowest BCUT2D eigenvalue weighted by Crippen LogP contribution is -2.52. The Bertz CT molecular complexity index is 1350. The maximum absolute atomic E-state index is 14.4. The zero-order chi connectivity index (χ0) is 30.4. The van der Waals surface area contributed by atoms with Gasteiger partial charge in [-0.2, -0.15) is 5.53 Å². The number of amides is 2. The highest BCUT2D eigenvalue weighted by Crippen LogP contribution is 2.49. The maximum atomic E-state index is 14.4. The maximum Gasteiger partial charge on any atom is 0.275 e. The normalized spacial score (nSPS) is 23.2. The van der Waals surface area contributed by atoms with Crippen LogP contribution in [0.4, 0.5) is 0 Å². The van der Waals surface area contributed by atoms with Gasteiger partial charge in [-0.1, -0.05) is 80.6 Å². The van der Waals surface area contributed by atoms with Crippen LogP contribution >= 0.6 is 23.2 Å². The molecule has 2 aromatic carbocycles. The summed E-state index contributed by atoms with van der Waals surface area (Å²) in [6.07, 6.45) is 6.47. The molecule has 224 valence electrons. The van der Waals surface area contributed by atoms with Crippen molar-refractivity contribution >= 4 is 46.6 Å². The number of nitrogens with one attached hydrogen (secondary N) is 2. The van der Waals surface area contributed by atoms with Gasteiger partial charge in [0, 0.05) is 21.2 Å². The monoisotopic (exact) mass is 611 g/mol. The molecule has 9 nitrogen and oxygen atoms in total. The van der Waals surface area contributed by atoms with Gasteiger partial charge in [0.25, 0.3) is 11.8 Å². The van der Waals surface area contributed by atoms with Crippen molar-refractivity contribution in [2.75, 3.05) is 6.54 Å². The predicted octanol–water partition coefficient (Wildman–Crippen LogP) is 7.13. The molecule has 11 heteroatoms. The fourth-order valence-electron chi connectivity index (χ4n) is 6.53. The molecule has 1 spiro atoms. The smallest absolute Gasteiger partial charge is 0.275 e. The van der Waals surface area contributed by atoms with Crippen molar-refractivity contribution in [3.05, 3.63) is 69.2 Å². The Hall–Kier alpha value is -3.30. The van der Waals surface area contributed by atoms with Gasteiger partial charge in [-0.3, -0.25) is 14.6 Å². The van der Waals surface area contributed by atoms with Crippen LogP contribution in [0.1, 0.15) is 93.2 Å².